The number of nitrogens with zero attached hydrogens (tertiary/aromatic N) is 3. The molecule has 0 unspecified atom stereocenters. The third-order valence-corrected chi connectivity index (χ3v) is 2.45. The van der Waals surface area contributed by atoms with Crippen molar-refractivity contribution in [3.05, 3.63) is 58.3 Å². The average Bonchev–Trinajstić information content (AvgIpc) is 2.62. The largest absolute Gasteiger partial charge is 0.328 e. The lowest BCUT2D eigenvalue weighted by atomic mass is 10.1. The number of hydrogen-bond donors (Lipinski definition) is 0. The van der Waals surface area contributed by atoms with Crippen LogP contribution in [0.4, 0.5) is 0 Å². The maximum Gasteiger partial charge on any atom is 0.328 e. The van der Waals surface area contributed by atoms with E-state index in [2.05, 4.69) is 6.07 Å². The highest BCUT2D eigenvalue weighted by Crippen LogP contribution is 2.04. The highest BCUT2D eigenvalue weighted by molar-refractivity contribution is 5.31. The van der Waals surface area contributed by atoms with Gasteiger partial charge in [0.15, 0.2) is 0 Å². The van der Waals surface area contributed by atoms with E-state index in [-0.39, 0.29) is 5.69 Å². The van der Waals surface area contributed by atoms with Gasteiger partial charge in [-0.2, -0.15) is 5.26 Å². The highest BCUT2D eigenvalue weighted by Gasteiger charge is 2.00. The van der Waals surface area contributed by atoms with Crippen LogP contribution in [-0.2, 0) is 13.6 Å². The summed E-state index contributed by atoms with van der Waals surface area (Å²) in [6, 6.07) is 9.29. The fourth-order valence-corrected chi connectivity index (χ4v) is 1.51. The van der Waals surface area contributed by atoms with Crippen LogP contribution in [0.1, 0.15) is 11.1 Å². The zero-order valence-electron chi connectivity index (χ0n) is 8.92. The van der Waals surface area contributed by atoms with E-state index in [9.17, 15) is 4.79 Å². The van der Waals surface area contributed by atoms with Crippen LogP contribution in [0.3, 0.4) is 0 Å². The third-order valence-electron chi connectivity index (χ3n) is 2.45. The molecule has 1 heterocycles. The lowest BCUT2D eigenvalue weighted by molar-refractivity contribution is 0.718. The predicted molar refractivity (Wildman–Crippen MR) is 59.9 cm³/mol. The molecule has 0 fully saturated rings. The van der Waals surface area contributed by atoms with E-state index in [1.807, 2.05) is 12.1 Å². The van der Waals surface area contributed by atoms with E-state index in [0.29, 0.717) is 12.1 Å². The summed E-state index contributed by atoms with van der Waals surface area (Å²) in [5.41, 5.74) is 1.60. The Morgan fingerprint density at radius 2 is 1.94 bits per heavy atom. The quantitative estimate of drug-likeness (QED) is 0.750. The van der Waals surface area contributed by atoms with Crippen LogP contribution >= 0.6 is 0 Å². The molecule has 4 heteroatoms. The maximum atomic E-state index is 11.6. The average molecular weight is 213 g/mol. The van der Waals surface area contributed by atoms with Gasteiger partial charge in [0, 0.05) is 19.4 Å². The monoisotopic (exact) mass is 213 g/mol. The molecule has 0 saturated carbocycles. The van der Waals surface area contributed by atoms with Crippen LogP contribution < -0.4 is 5.69 Å². The molecule has 2 aromatic rings. The zero-order chi connectivity index (χ0) is 11.5. The van der Waals surface area contributed by atoms with Gasteiger partial charge in [-0.05, 0) is 17.7 Å². The van der Waals surface area contributed by atoms with Gasteiger partial charge >= 0.3 is 5.69 Å². The summed E-state index contributed by atoms with van der Waals surface area (Å²) >= 11 is 0. The molecule has 4 nitrogen and oxygen atoms in total. The van der Waals surface area contributed by atoms with E-state index in [1.165, 1.54) is 4.57 Å². The Morgan fingerprint density at radius 1 is 1.25 bits per heavy atom. The molecule has 0 atom stereocenters. The number of aromatic nitrogens is 2. The van der Waals surface area contributed by atoms with Crippen molar-refractivity contribution in [3.63, 3.8) is 0 Å². The normalized spacial score (nSPS) is 10.0. The molecule has 1 aromatic heterocycles. The summed E-state index contributed by atoms with van der Waals surface area (Å²) in [5, 5.41) is 8.66. The minimum absolute atomic E-state index is 0.0376. The predicted octanol–water partition coefficient (Wildman–Crippen LogP) is 1.11. The van der Waals surface area contributed by atoms with Gasteiger partial charge in [-0.1, -0.05) is 12.1 Å². The van der Waals surface area contributed by atoms with Gasteiger partial charge in [0.25, 0.3) is 0 Å². The van der Waals surface area contributed by atoms with Crippen LogP contribution in [0.5, 0.6) is 0 Å². The van der Waals surface area contributed by atoms with Crippen molar-refractivity contribution >= 4 is 0 Å². The molecule has 0 aliphatic rings. The molecule has 0 spiro atoms. The van der Waals surface area contributed by atoms with Gasteiger partial charge in [0.05, 0.1) is 18.2 Å². The van der Waals surface area contributed by atoms with Gasteiger partial charge in [-0.15, -0.1) is 0 Å². The van der Waals surface area contributed by atoms with Crippen LogP contribution in [0.2, 0.25) is 0 Å². The van der Waals surface area contributed by atoms with E-state index in [1.54, 1.807) is 36.1 Å². The highest BCUT2D eigenvalue weighted by atomic mass is 16.1. The number of rotatable bonds is 2. The Labute approximate surface area is 93.0 Å². The van der Waals surface area contributed by atoms with E-state index < -0.39 is 0 Å². The molecule has 16 heavy (non-hydrogen) atoms. The van der Waals surface area contributed by atoms with Crippen molar-refractivity contribution in [1.29, 1.82) is 5.26 Å². The first-order chi connectivity index (χ1) is 7.70. The second kappa shape index (κ2) is 4.07. The van der Waals surface area contributed by atoms with Gasteiger partial charge < -0.3 is 4.57 Å². The molecule has 0 N–H and O–H groups in total. The van der Waals surface area contributed by atoms with Crippen molar-refractivity contribution in [3.8, 4) is 6.07 Å². The number of hydrogen-bond acceptors (Lipinski definition) is 2. The topological polar surface area (TPSA) is 50.7 Å². The SMILES string of the molecule is Cn1ccn(Cc2ccc(C#N)cc2)c1=O. The first-order valence-corrected chi connectivity index (χ1v) is 4.91. The molecule has 0 aliphatic carbocycles. The smallest absolute Gasteiger partial charge is 0.302 e. The molecule has 0 saturated heterocycles. The molecular formula is C12H11N3O. The van der Waals surface area contributed by atoms with Gasteiger partial charge in [-0.3, -0.25) is 4.57 Å². The number of imidazole rings is 1. The fraction of sp³-hybridized carbons (Fsp3) is 0.167. The Morgan fingerprint density at radius 3 is 2.44 bits per heavy atom. The summed E-state index contributed by atoms with van der Waals surface area (Å²) in [4.78, 5) is 11.6. The van der Waals surface area contributed by atoms with E-state index in [4.69, 9.17) is 5.26 Å². The molecule has 0 aliphatic heterocycles. The number of aryl methyl sites for hydroxylation is 1. The van der Waals surface area contributed by atoms with E-state index in [0.717, 1.165) is 5.56 Å². The summed E-state index contributed by atoms with van der Waals surface area (Å²) in [6.07, 6.45) is 3.48. The number of nitriles is 1. The molecule has 1 aromatic carbocycles. The van der Waals surface area contributed by atoms with Gasteiger partial charge in [0.1, 0.15) is 0 Å². The lowest BCUT2D eigenvalue weighted by Crippen LogP contribution is -2.22. The van der Waals surface area contributed by atoms with Crippen LogP contribution in [0.15, 0.2) is 41.5 Å². The van der Waals surface area contributed by atoms with Crippen molar-refractivity contribution in [1.82, 2.24) is 9.13 Å². The van der Waals surface area contributed by atoms with Gasteiger partial charge in [0.2, 0.25) is 0 Å². The minimum Gasteiger partial charge on any atom is -0.302 e. The number of benzene rings is 1. The molecule has 0 radical (unpaired) electrons. The Hall–Kier alpha value is -2.28. The standard InChI is InChI=1S/C12H11N3O/c1-14-6-7-15(12(14)16)9-11-4-2-10(8-13)3-5-11/h2-7H,9H2,1H3. The van der Waals surface area contributed by atoms with Crippen molar-refractivity contribution in [2.75, 3.05) is 0 Å². The molecule has 0 bridgehead atoms. The summed E-state index contributed by atoms with van der Waals surface area (Å²) in [6.45, 7) is 0.533. The Balaban J connectivity index is 2.25. The first kappa shape index (κ1) is 10.2. The Kier molecular flexibility index (Phi) is 2.61. The Bertz CT molecular complexity index is 584. The fourth-order valence-electron chi connectivity index (χ4n) is 1.51. The molecule has 80 valence electrons. The van der Waals surface area contributed by atoms with Crippen LogP contribution in [0.25, 0.3) is 0 Å². The van der Waals surface area contributed by atoms with Crippen LogP contribution in [-0.4, -0.2) is 9.13 Å². The summed E-state index contributed by atoms with van der Waals surface area (Å²) < 4.78 is 3.16. The maximum absolute atomic E-state index is 11.6. The van der Waals surface area contributed by atoms with Crippen molar-refractivity contribution in [2.24, 2.45) is 7.05 Å². The first-order valence-electron chi connectivity index (χ1n) is 4.91. The second-order valence-corrected chi connectivity index (χ2v) is 3.63. The van der Waals surface area contributed by atoms with Gasteiger partial charge in [-0.25, -0.2) is 4.79 Å². The van der Waals surface area contributed by atoms with Crippen molar-refractivity contribution < 1.29 is 0 Å². The molecule has 2 rings (SSSR count). The molecule has 0 amide bonds. The second-order valence-electron chi connectivity index (χ2n) is 3.63. The molecular weight excluding hydrogens is 202 g/mol. The minimum atomic E-state index is -0.0376. The van der Waals surface area contributed by atoms with E-state index >= 15 is 0 Å². The van der Waals surface area contributed by atoms with Crippen molar-refractivity contribution in [2.45, 2.75) is 6.54 Å². The lowest BCUT2D eigenvalue weighted by Gasteiger charge is -2.01. The van der Waals surface area contributed by atoms with Crippen LogP contribution in [0, 0.1) is 11.3 Å². The third kappa shape index (κ3) is 1.89. The summed E-state index contributed by atoms with van der Waals surface area (Å²) in [7, 11) is 1.72. The summed E-state index contributed by atoms with van der Waals surface area (Å²) in [5.74, 6) is 0. The zero-order valence-corrected chi connectivity index (χ0v) is 8.92.